The lowest BCUT2D eigenvalue weighted by Gasteiger charge is -2.38. The number of piperidine rings is 1. The van der Waals surface area contributed by atoms with Crippen LogP contribution in [-0.4, -0.2) is 37.4 Å². The Morgan fingerprint density at radius 3 is 2.90 bits per heavy atom. The van der Waals surface area contributed by atoms with Gasteiger partial charge in [0.25, 0.3) is 0 Å². The van der Waals surface area contributed by atoms with Gasteiger partial charge in [0, 0.05) is 31.8 Å². The number of halogens is 2. The van der Waals surface area contributed by atoms with Crippen molar-refractivity contribution in [3.8, 4) is 0 Å². The predicted octanol–water partition coefficient (Wildman–Crippen LogP) is 2.15. The quantitative estimate of drug-likeness (QED) is 0.813. The summed E-state index contributed by atoms with van der Waals surface area (Å²) in [6.45, 7) is 4.42. The maximum atomic E-state index is 13.9. The third kappa shape index (κ3) is 3.90. The molecule has 0 bridgehead atoms. The molecule has 112 valence electrons. The van der Waals surface area contributed by atoms with Crippen molar-refractivity contribution in [3.05, 3.63) is 29.8 Å². The number of rotatable bonds is 5. The Morgan fingerprint density at radius 2 is 2.15 bits per heavy atom. The molecule has 0 saturated carbocycles. The zero-order valence-electron chi connectivity index (χ0n) is 11.8. The minimum absolute atomic E-state index is 0.164. The first kappa shape index (κ1) is 15.2. The first-order valence-electron chi connectivity index (χ1n) is 7.14. The molecule has 0 aromatic heterocycles. The van der Waals surface area contributed by atoms with Gasteiger partial charge in [-0.1, -0.05) is 6.92 Å². The molecular weight excluding hydrogens is 262 g/mol. The number of nitrogens with zero attached hydrogens (tertiary/aromatic N) is 1. The van der Waals surface area contributed by atoms with E-state index in [1.54, 1.807) is 0 Å². The Balaban J connectivity index is 2.05. The molecule has 5 heteroatoms. The average Bonchev–Trinajstić information content (AvgIpc) is 2.41. The van der Waals surface area contributed by atoms with E-state index >= 15 is 0 Å². The van der Waals surface area contributed by atoms with E-state index in [0.29, 0.717) is 24.6 Å². The number of aliphatic hydroxyl groups is 1. The maximum absolute atomic E-state index is 13.9. The molecule has 1 aromatic rings. The van der Waals surface area contributed by atoms with Crippen LogP contribution in [0.1, 0.15) is 19.8 Å². The van der Waals surface area contributed by atoms with Crippen LogP contribution in [0.3, 0.4) is 0 Å². The summed E-state index contributed by atoms with van der Waals surface area (Å²) < 4.78 is 27.2. The molecular formula is C15H22F2N2O. The van der Waals surface area contributed by atoms with E-state index in [-0.39, 0.29) is 18.5 Å². The third-order valence-electron chi connectivity index (χ3n) is 3.68. The van der Waals surface area contributed by atoms with Crippen LogP contribution in [0.4, 0.5) is 14.5 Å². The second-order valence-electron chi connectivity index (χ2n) is 5.57. The van der Waals surface area contributed by atoms with Crippen molar-refractivity contribution in [2.24, 2.45) is 5.92 Å². The van der Waals surface area contributed by atoms with E-state index in [0.717, 1.165) is 25.6 Å². The van der Waals surface area contributed by atoms with Crippen molar-refractivity contribution < 1.29 is 13.9 Å². The van der Waals surface area contributed by atoms with Gasteiger partial charge in [-0.25, -0.2) is 8.78 Å². The van der Waals surface area contributed by atoms with E-state index in [1.807, 2.05) is 4.90 Å². The van der Waals surface area contributed by atoms with E-state index in [1.165, 1.54) is 12.1 Å². The minimum atomic E-state index is -0.413. The molecule has 2 N–H and O–H groups in total. The monoisotopic (exact) mass is 284 g/mol. The fourth-order valence-electron chi connectivity index (χ4n) is 2.81. The van der Waals surface area contributed by atoms with Crippen LogP contribution >= 0.6 is 0 Å². The van der Waals surface area contributed by atoms with Gasteiger partial charge < -0.3 is 15.3 Å². The first-order chi connectivity index (χ1) is 9.60. The SMILES string of the molecule is CC1CC(NCCCO)CN(c2cc(F)ccc2F)C1. The molecule has 1 saturated heterocycles. The second kappa shape index (κ2) is 6.99. The predicted molar refractivity (Wildman–Crippen MR) is 75.8 cm³/mol. The fraction of sp³-hybridized carbons (Fsp3) is 0.600. The van der Waals surface area contributed by atoms with Crippen LogP contribution < -0.4 is 10.2 Å². The highest BCUT2D eigenvalue weighted by Crippen LogP contribution is 2.26. The van der Waals surface area contributed by atoms with Crippen LogP contribution in [0.15, 0.2) is 18.2 Å². The summed E-state index contributed by atoms with van der Waals surface area (Å²) >= 11 is 0. The van der Waals surface area contributed by atoms with Gasteiger partial charge in [0.15, 0.2) is 0 Å². The van der Waals surface area contributed by atoms with E-state index in [9.17, 15) is 8.78 Å². The summed E-state index contributed by atoms with van der Waals surface area (Å²) in [6, 6.07) is 3.83. The number of aliphatic hydroxyl groups excluding tert-OH is 1. The standard InChI is InChI=1S/C15H22F2N2O/c1-11-7-13(18-5-2-6-20)10-19(9-11)15-8-12(16)3-4-14(15)17/h3-4,8,11,13,18,20H,2,5-7,9-10H2,1H3. The van der Waals surface area contributed by atoms with Crippen LogP contribution in [0.2, 0.25) is 0 Å². The second-order valence-corrected chi connectivity index (χ2v) is 5.57. The molecule has 2 atom stereocenters. The van der Waals surface area contributed by atoms with Gasteiger partial charge in [-0.15, -0.1) is 0 Å². The lowest BCUT2D eigenvalue weighted by molar-refractivity contribution is 0.276. The Kier molecular flexibility index (Phi) is 5.31. The third-order valence-corrected chi connectivity index (χ3v) is 3.68. The largest absolute Gasteiger partial charge is 0.396 e. The van der Waals surface area contributed by atoms with E-state index in [4.69, 9.17) is 5.11 Å². The number of hydrogen-bond acceptors (Lipinski definition) is 3. The van der Waals surface area contributed by atoms with Gasteiger partial charge in [0.05, 0.1) is 5.69 Å². The first-order valence-corrected chi connectivity index (χ1v) is 7.14. The van der Waals surface area contributed by atoms with Gasteiger partial charge >= 0.3 is 0 Å². The summed E-state index contributed by atoms with van der Waals surface area (Å²) in [5.74, 6) is -0.378. The molecule has 1 fully saturated rings. The zero-order chi connectivity index (χ0) is 14.5. The summed E-state index contributed by atoms with van der Waals surface area (Å²) in [5, 5.41) is 12.2. The molecule has 1 aliphatic heterocycles. The summed E-state index contributed by atoms with van der Waals surface area (Å²) in [4.78, 5) is 1.91. The normalized spacial score (nSPS) is 23.1. The average molecular weight is 284 g/mol. The topological polar surface area (TPSA) is 35.5 Å². The van der Waals surface area contributed by atoms with Crippen LogP contribution in [0.5, 0.6) is 0 Å². The molecule has 3 nitrogen and oxygen atoms in total. The number of benzene rings is 1. The molecule has 1 heterocycles. The van der Waals surface area contributed by atoms with Crippen molar-refractivity contribution >= 4 is 5.69 Å². The minimum Gasteiger partial charge on any atom is -0.396 e. The van der Waals surface area contributed by atoms with Gasteiger partial charge in [-0.2, -0.15) is 0 Å². The Bertz CT molecular complexity index is 442. The van der Waals surface area contributed by atoms with Gasteiger partial charge in [0.2, 0.25) is 0 Å². The molecule has 0 radical (unpaired) electrons. The molecule has 20 heavy (non-hydrogen) atoms. The molecule has 2 rings (SSSR count). The van der Waals surface area contributed by atoms with Crippen molar-refractivity contribution in [1.29, 1.82) is 0 Å². The fourth-order valence-corrected chi connectivity index (χ4v) is 2.81. The van der Waals surface area contributed by atoms with Gasteiger partial charge in [-0.05, 0) is 37.4 Å². The number of nitrogens with one attached hydrogen (secondary N) is 1. The van der Waals surface area contributed by atoms with Crippen LogP contribution in [-0.2, 0) is 0 Å². The number of anilines is 1. The highest BCUT2D eigenvalue weighted by Gasteiger charge is 2.26. The Hall–Kier alpha value is -1.20. The molecule has 0 amide bonds. The van der Waals surface area contributed by atoms with Gasteiger partial charge in [-0.3, -0.25) is 0 Å². The number of hydrogen-bond donors (Lipinski definition) is 2. The van der Waals surface area contributed by atoms with Crippen molar-refractivity contribution in [3.63, 3.8) is 0 Å². The highest BCUT2D eigenvalue weighted by molar-refractivity contribution is 5.48. The Labute approximate surface area is 118 Å². The zero-order valence-corrected chi connectivity index (χ0v) is 11.8. The smallest absolute Gasteiger partial charge is 0.146 e. The molecule has 1 aromatic carbocycles. The van der Waals surface area contributed by atoms with Crippen LogP contribution in [0.25, 0.3) is 0 Å². The molecule has 0 spiro atoms. The van der Waals surface area contributed by atoms with Crippen molar-refractivity contribution in [1.82, 2.24) is 5.32 Å². The Morgan fingerprint density at radius 1 is 1.35 bits per heavy atom. The van der Waals surface area contributed by atoms with Gasteiger partial charge in [0.1, 0.15) is 11.6 Å². The summed E-state index contributed by atoms with van der Waals surface area (Å²) in [6.07, 6.45) is 1.72. The molecule has 1 aliphatic rings. The molecule has 0 aliphatic carbocycles. The van der Waals surface area contributed by atoms with E-state index in [2.05, 4.69) is 12.2 Å². The van der Waals surface area contributed by atoms with Crippen LogP contribution in [0, 0.1) is 17.6 Å². The molecule has 2 unspecified atom stereocenters. The van der Waals surface area contributed by atoms with Crippen molar-refractivity contribution in [2.45, 2.75) is 25.8 Å². The lowest BCUT2D eigenvalue weighted by atomic mass is 9.95. The summed E-state index contributed by atoms with van der Waals surface area (Å²) in [7, 11) is 0. The van der Waals surface area contributed by atoms with Crippen molar-refractivity contribution in [2.75, 3.05) is 31.1 Å². The van der Waals surface area contributed by atoms with E-state index < -0.39 is 5.82 Å². The lowest BCUT2D eigenvalue weighted by Crippen LogP contribution is -2.49. The summed E-state index contributed by atoms with van der Waals surface area (Å²) in [5.41, 5.74) is 0.338. The maximum Gasteiger partial charge on any atom is 0.146 e. The highest BCUT2D eigenvalue weighted by atomic mass is 19.1.